The number of rotatable bonds is 8. The highest BCUT2D eigenvalue weighted by Crippen LogP contribution is 2.22. The van der Waals surface area contributed by atoms with Crippen LogP contribution in [-0.4, -0.2) is 54.5 Å². The van der Waals surface area contributed by atoms with Crippen LogP contribution in [0.3, 0.4) is 0 Å². The first-order valence-corrected chi connectivity index (χ1v) is 8.70. The molecule has 0 bridgehead atoms. The summed E-state index contributed by atoms with van der Waals surface area (Å²) in [6.07, 6.45) is 1.95. The number of likely N-dealkylation sites (N-methyl/N-ethyl adjacent to an activating group) is 1. The van der Waals surface area contributed by atoms with Crippen molar-refractivity contribution in [3.8, 4) is 5.75 Å². The molecule has 0 saturated heterocycles. The first-order valence-electron chi connectivity index (χ1n) is 8.32. The van der Waals surface area contributed by atoms with Crippen LogP contribution in [0, 0.1) is 0 Å². The molecule has 1 aliphatic carbocycles. The maximum absolute atomic E-state index is 12.2. The van der Waals surface area contributed by atoms with Crippen molar-refractivity contribution < 1.29 is 23.9 Å². The molecular formula is C18H23ClN2O5. The summed E-state index contributed by atoms with van der Waals surface area (Å²) in [7, 11) is 1.48. The highest BCUT2D eigenvalue weighted by molar-refractivity contribution is 6.30. The van der Waals surface area contributed by atoms with Crippen LogP contribution in [0.25, 0.3) is 0 Å². The van der Waals surface area contributed by atoms with Gasteiger partial charge in [0.2, 0.25) is 5.91 Å². The lowest BCUT2D eigenvalue weighted by atomic mass is 10.1. The number of carbonyl (C=O) groups excluding carboxylic acids is 3. The maximum atomic E-state index is 12.2. The third-order valence-electron chi connectivity index (χ3n) is 3.75. The number of halogens is 1. The zero-order chi connectivity index (χ0) is 19.3. The first-order chi connectivity index (χ1) is 12.2. The molecule has 0 unspecified atom stereocenters. The molecule has 0 radical (unpaired) electrons. The van der Waals surface area contributed by atoms with Crippen LogP contribution in [0.15, 0.2) is 24.3 Å². The van der Waals surface area contributed by atoms with E-state index in [1.807, 2.05) is 0 Å². The molecule has 0 aliphatic heterocycles. The highest BCUT2D eigenvalue weighted by Gasteiger charge is 2.33. The van der Waals surface area contributed by atoms with Gasteiger partial charge < -0.3 is 19.7 Å². The van der Waals surface area contributed by atoms with E-state index in [2.05, 4.69) is 5.32 Å². The second-order valence-corrected chi connectivity index (χ2v) is 7.17. The van der Waals surface area contributed by atoms with Gasteiger partial charge in [0, 0.05) is 18.1 Å². The van der Waals surface area contributed by atoms with E-state index in [-0.39, 0.29) is 18.5 Å². The number of esters is 1. The molecule has 1 aliphatic rings. The smallest absolute Gasteiger partial charge is 0.350 e. The van der Waals surface area contributed by atoms with E-state index in [1.54, 1.807) is 38.1 Å². The van der Waals surface area contributed by atoms with Crippen LogP contribution < -0.4 is 10.1 Å². The van der Waals surface area contributed by atoms with E-state index >= 15 is 0 Å². The Morgan fingerprint density at radius 3 is 2.42 bits per heavy atom. The van der Waals surface area contributed by atoms with Gasteiger partial charge in [-0.1, -0.05) is 11.6 Å². The van der Waals surface area contributed by atoms with Gasteiger partial charge in [0.1, 0.15) is 5.75 Å². The molecule has 142 valence electrons. The van der Waals surface area contributed by atoms with E-state index in [4.69, 9.17) is 21.1 Å². The highest BCUT2D eigenvalue weighted by atomic mass is 35.5. The minimum absolute atomic E-state index is 0.0719. The number of nitrogens with zero attached hydrogens (tertiary/aromatic N) is 1. The molecular weight excluding hydrogens is 360 g/mol. The lowest BCUT2D eigenvalue weighted by Crippen LogP contribution is -2.43. The minimum Gasteiger partial charge on any atom is -0.476 e. The maximum Gasteiger partial charge on any atom is 0.350 e. The molecule has 2 rings (SSSR count). The van der Waals surface area contributed by atoms with Crippen molar-refractivity contribution in [2.24, 2.45) is 0 Å². The zero-order valence-corrected chi connectivity index (χ0v) is 15.8. The molecule has 0 spiro atoms. The summed E-state index contributed by atoms with van der Waals surface area (Å²) in [6, 6.07) is 6.78. The van der Waals surface area contributed by atoms with E-state index in [0.717, 1.165) is 12.8 Å². The summed E-state index contributed by atoms with van der Waals surface area (Å²) >= 11 is 5.81. The minimum atomic E-state index is -1.28. The fourth-order valence-corrected chi connectivity index (χ4v) is 2.18. The van der Waals surface area contributed by atoms with Crippen molar-refractivity contribution in [3.63, 3.8) is 0 Å². The number of ether oxygens (including phenoxy) is 2. The van der Waals surface area contributed by atoms with Gasteiger partial charge in [-0.25, -0.2) is 4.79 Å². The van der Waals surface area contributed by atoms with Gasteiger partial charge in [0.15, 0.2) is 12.2 Å². The van der Waals surface area contributed by atoms with Gasteiger partial charge in [-0.3, -0.25) is 9.59 Å². The van der Waals surface area contributed by atoms with Crippen LogP contribution in [0.5, 0.6) is 5.75 Å². The second kappa shape index (κ2) is 8.40. The lowest BCUT2D eigenvalue weighted by Gasteiger charge is -2.25. The standard InChI is InChI=1S/C18H23ClN2O5/c1-18(2,26-14-8-4-12(19)5-9-14)17(24)25-11-16(23)21(3)10-15(22)20-13-6-7-13/h4-5,8-9,13H,6-7,10-11H2,1-3H3,(H,20,22). The second-order valence-electron chi connectivity index (χ2n) is 6.73. The van der Waals surface area contributed by atoms with Crippen LogP contribution in [0.4, 0.5) is 0 Å². The summed E-state index contributed by atoms with van der Waals surface area (Å²) < 4.78 is 10.7. The SMILES string of the molecule is CN(CC(=O)NC1CC1)C(=O)COC(=O)C(C)(C)Oc1ccc(Cl)cc1. The fraction of sp³-hybridized carbons (Fsp3) is 0.500. The number of nitrogens with one attached hydrogen (secondary N) is 1. The van der Waals surface area contributed by atoms with Crippen molar-refractivity contribution in [2.75, 3.05) is 20.2 Å². The Hall–Kier alpha value is -2.28. The molecule has 1 aromatic rings. The van der Waals surface area contributed by atoms with Gasteiger partial charge in [-0.2, -0.15) is 0 Å². The zero-order valence-electron chi connectivity index (χ0n) is 15.1. The van der Waals surface area contributed by atoms with Crippen LogP contribution in [0.1, 0.15) is 26.7 Å². The predicted octanol–water partition coefficient (Wildman–Crippen LogP) is 1.78. The third kappa shape index (κ3) is 6.22. The van der Waals surface area contributed by atoms with Crippen molar-refractivity contribution >= 4 is 29.4 Å². The normalized spacial score (nSPS) is 13.7. The Kier molecular flexibility index (Phi) is 6.47. The number of hydrogen-bond donors (Lipinski definition) is 1. The molecule has 7 nitrogen and oxygen atoms in total. The van der Waals surface area contributed by atoms with E-state index in [9.17, 15) is 14.4 Å². The molecule has 0 heterocycles. The van der Waals surface area contributed by atoms with Crippen LogP contribution in [0.2, 0.25) is 5.02 Å². The molecule has 0 aromatic heterocycles. The summed E-state index contributed by atoms with van der Waals surface area (Å²) in [6.45, 7) is 2.55. The summed E-state index contributed by atoms with van der Waals surface area (Å²) in [5.41, 5.74) is -1.28. The topological polar surface area (TPSA) is 84.9 Å². The lowest BCUT2D eigenvalue weighted by molar-refractivity contribution is -0.163. The average molecular weight is 383 g/mol. The third-order valence-corrected chi connectivity index (χ3v) is 4.01. The average Bonchev–Trinajstić information content (AvgIpc) is 3.37. The van der Waals surface area contributed by atoms with Gasteiger partial charge in [0.25, 0.3) is 5.91 Å². The molecule has 26 heavy (non-hydrogen) atoms. The summed E-state index contributed by atoms with van der Waals surface area (Å²) in [5, 5.41) is 3.34. The van der Waals surface area contributed by atoms with Crippen LogP contribution in [-0.2, 0) is 19.1 Å². The summed E-state index contributed by atoms with van der Waals surface area (Å²) in [4.78, 5) is 37.1. The Morgan fingerprint density at radius 1 is 1.23 bits per heavy atom. The Labute approximate surface area is 157 Å². The van der Waals surface area contributed by atoms with Gasteiger partial charge >= 0.3 is 5.97 Å². The van der Waals surface area contributed by atoms with Crippen molar-refractivity contribution in [1.82, 2.24) is 10.2 Å². The molecule has 1 saturated carbocycles. The monoisotopic (exact) mass is 382 g/mol. The Balaban J connectivity index is 1.78. The van der Waals surface area contributed by atoms with E-state index < -0.39 is 24.1 Å². The number of carbonyl (C=O) groups is 3. The number of amides is 2. The molecule has 0 atom stereocenters. The molecule has 1 aromatic carbocycles. The first kappa shape index (κ1) is 20.0. The van der Waals surface area contributed by atoms with Gasteiger partial charge in [-0.05, 0) is 51.0 Å². The van der Waals surface area contributed by atoms with E-state index in [1.165, 1.54) is 11.9 Å². The van der Waals surface area contributed by atoms with Gasteiger partial charge in [0.05, 0.1) is 6.54 Å². The predicted molar refractivity (Wildman–Crippen MR) is 95.9 cm³/mol. The molecule has 1 N–H and O–H groups in total. The number of benzene rings is 1. The quantitative estimate of drug-likeness (QED) is 0.693. The number of hydrogen-bond acceptors (Lipinski definition) is 5. The Bertz CT molecular complexity index is 671. The van der Waals surface area contributed by atoms with Crippen LogP contribution >= 0.6 is 11.6 Å². The van der Waals surface area contributed by atoms with Crippen molar-refractivity contribution in [3.05, 3.63) is 29.3 Å². The van der Waals surface area contributed by atoms with E-state index in [0.29, 0.717) is 10.8 Å². The Morgan fingerprint density at radius 2 is 1.85 bits per heavy atom. The van der Waals surface area contributed by atoms with Crippen molar-refractivity contribution in [2.45, 2.75) is 38.3 Å². The summed E-state index contributed by atoms with van der Waals surface area (Å²) in [5.74, 6) is -0.916. The largest absolute Gasteiger partial charge is 0.476 e. The molecule has 2 amide bonds. The fourth-order valence-electron chi connectivity index (χ4n) is 2.05. The van der Waals surface area contributed by atoms with Gasteiger partial charge in [-0.15, -0.1) is 0 Å². The molecule has 8 heteroatoms. The molecule has 1 fully saturated rings. The van der Waals surface area contributed by atoms with Crippen molar-refractivity contribution in [1.29, 1.82) is 0 Å².